The van der Waals surface area contributed by atoms with Crippen LogP contribution >= 0.6 is 0 Å². The summed E-state index contributed by atoms with van der Waals surface area (Å²) in [4.78, 5) is 23.1. The second kappa shape index (κ2) is 5.13. The quantitative estimate of drug-likeness (QED) is 0.696. The Labute approximate surface area is 103 Å². The van der Waals surface area contributed by atoms with E-state index in [0.717, 1.165) is 5.56 Å². The number of amides is 2. The van der Waals surface area contributed by atoms with E-state index in [-0.39, 0.29) is 0 Å². The van der Waals surface area contributed by atoms with Crippen molar-refractivity contribution in [3.63, 3.8) is 0 Å². The number of aryl methyl sites for hydroxylation is 1. The largest absolute Gasteiger partial charge is 0.318 e. The summed E-state index contributed by atoms with van der Waals surface area (Å²) in [5.74, 6) is -1.10. The smallest absolute Gasteiger partial charge is 0.315 e. The predicted molar refractivity (Wildman–Crippen MR) is 67.0 cm³/mol. The molecule has 2 rings (SSSR count). The molecule has 6 heteroatoms. The second-order valence-electron chi connectivity index (χ2n) is 3.74. The highest BCUT2D eigenvalue weighted by Crippen LogP contribution is 2.08. The van der Waals surface area contributed by atoms with Crippen LogP contribution in [-0.4, -0.2) is 22.0 Å². The molecule has 0 aliphatic heterocycles. The zero-order valence-electron chi connectivity index (χ0n) is 9.73. The van der Waals surface area contributed by atoms with E-state index in [1.165, 1.54) is 6.20 Å². The molecule has 0 aliphatic carbocycles. The zero-order valence-corrected chi connectivity index (χ0v) is 9.73. The normalized spacial score (nSPS) is 9.83. The minimum absolute atomic E-state index is 0.374. The number of hydrogen-bond acceptors (Lipinski definition) is 3. The molecular weight excluding hydrogens is 232 g/mol. The van der Waals surface area contributed by atoms with Crippen molar-refractivity contribution < 1.29 is 9.59 Å². The summed E-state index contributed by atoms with van der Waals surface area (Å²) in [6.07, 6.45) is 1.48. The number of aromatic amines is 1. The lowest BCUT2D eigenvalue weighted by Gasteiger charge is -2.05. The molecule has 3 N–H and O–H groups in total. The number of H-pyrrole nitrogens is 1. The van der Waals surface area contributed by atoms with Gasteiger partial charge in [-0.05, 0) is 19.1 Å². The Morgan fingerprint density at radius 3 is 2.33 bits per heavy atom. The Kier molecular flexibility index (Phi) is 3.38. The Morgan fingerprint density at radius 2 is 1.72 bits per heavy atom. The lowest BCUT2D eigenvalue weighted by Crippen LogP contribution is -2.29. The number of nitrogens with one attached hydrogen (secondary N) is 3. The van der Waals surface area contributed by atoms with Crippen LogP contribution < -0.4 is 10.6 Å². The molecule has 18 heavy (non-hydrogen) atoms. The molecular formula is C12H12N4O2. The third kappa shape index (κ3) is 2.94. The van der Waals surface area contributed by atoms with Gasteiger partial charge in [0, 0.05) is 11.8 Å². The highest BCUT2D eigenvalue weighted by atomic mass is 16.2. The van der Waals surface area contributed by atoms with E-state index in [9.17, 15) is 9.59 Å². The first-order valence-corrected chi connectivity index (χ1v) is 5.33. The summed E-state index contributed by atoms with van der Waals surface area (Å²) in [7, 11) is 0. The van der Waals surface area contributed by atoms with E-state index in [4.69, 9.17) is 0 Å². The maximum Gasteiger partial charge on any atom is 0.315 e. The Hall–Kier alpha value is -2.63. The van der Waals surface area contributed by atoms with Gasteiger partial charge in [0.15, 0.2) is 0 Å². The minimum atomic E-state index is -0.750. The van der Waals surface area contributed by atoms with Crippen molar-refractivity contribution in [3.8, 4) is 0 Å². The standard InChI is InChI=1S/C12H12N4O2/c1-8-2-4-9(5-3-8)14-11(17)12(18)15-10-6-7-13-16-10/h2-7H,1H3,(H,14,17)(H2,13,15,16,18). The van der Waals surface area contributed by atoms with Gasteiger partial charge in [0.05, 0.1) is 6.20 Å². The maximum atomic E-state index is 11.6. The van der Waals surface area contributed by atoms with Crippen LogP contribution in [-0.2, 0) is 9.59 Å². The number of nitrogens with zero attached hydrogens (tertiary/aromatic N) is 1. The fourth-order valence-corrected chi connectivity index (χ4v) is 1.33. The van der Waals surface area contributed by atoms with Gasteiger partial charge in [-0.25, -0.2) is 0 Å². The molecule has 2 amide bonds. The monoisotopic (exact) mass is 244 g/mol. The summed E-state index contributed by atoms with van der Waals surface area (Å²) in [6.45, 7) is 1.94. The summed E-state index contributed by atoms with van der Waals surface area (Å²) in [5, 5.41) is 11.1. The van der Waals surface area contributed by atoms with Gasteiger partial charge in [-0.15, -0.1) is 0 Å². The molecule has 2 aromatic rings. The fourth-order valence-electron chi connectivity index (χ4n) is 1.33. The van der Waals surface area contributed by atoms with Crippen LogP contribution in [0.1, 0.15) is 5.56 Å². The van der Waals surface area contributed by atoms with Crippen molar-refractivity contribution in [3.05, 3.63) is 42.1 Å². The third-order valence-corrected chi connectivity index (χ3v) is 2.26. The average Bonchev–Trinajstić information content (AvgIpc) is 2.85. The Balaban J connectivity index is 1.95. The lowest BCUT2D eigenvalue weighted by molar-refractivity contribution is -0.133. The van der Waals surface area contributed by atoms with Crippen molar-refractivity contribution in [2.45, 2.75) is 6.92 Å². The zero-order chi connectivity index (χ0) is 13.0. The molecule has 0 bridgehead atoms. The van der Waals surface area contributed by atoms with Crippen LogP contribution in [0.3, 0.4) is 0 Å². The number of rotatable bonds is 2. The molecule has 1 heterocycles. The third-order valence-electron chi connectivity index (χ3n) is 2.26. The summed E-state index contributed by atoms with van der Waals surface area (Å²) < 4.78 is 0. The van der Waals surface area contributed by atoms with Crippen LogP contribution in [0.25, 0.3) is 0 Å². The van der Waals surface area contributed by atoms with Gasteiger partial charge in [0.25, 0.3) is 0 Å². The van der Waals surface area contributed by atoms with Crippen LogP contribution in [0.4, 0.5) is 11.5 Å². The second-order valence-corrected chi connectivity index (χ2v) is 3.74. The number of benzene rings is 1. The van der Waals surface area contributed by atoms with E-state index in [2.05, 4.69) is 20.8 Å². The first-order valence-electron chi connectivity index (χ1n) is 5.33. The van der Waals surface area contributed by atoms with Crippen molar-refractivity contribution >= 4 is 23.3 Å². The van der Waals surface area contributed by atoms with Crippen LogP contribution in [0, 0.1) is 6.92 Å². The van der Waals surface area contributed by atoms with Gasteiger partial charge >= 0.3 is 11.8 Å². The number of hydrogen-bond donors (Lipinski definition) is 3. The number of anilines is 2. The van der Waals surface area contributed by atoms with Crippen molar-refractivity contribution in [2.24, 2.45) is 0 Å². The van der Waals surface area contributed by atoms with Gasteiger partial charge in [-0.1, -0.05) is 17.7 Å². The van der Waals surface area contributed by atoms with Crippen LogP contribution in [0.2, 0.25) is 0 Å². The van der Waals surface area contributed by atoms with Crippen molar-refractivity contribution in [1.82, 2.24) is 10.2 Å². The first kappa shape index (κ1) is 11.8. The topological polar surface area (TPSA) is 86.9 Å². The van der Waals surface area contributed by atoms with E-state index >= 15 is 0 Å². The number of aromatic nitrogens is 2. The summed E-state index contributed by atoms with van der Waals surface area (Å²) in [5.41, 5.74) is 1.65. The molecule has 0 aliphatic rings. The van der Waals surface area contributed by atoms with Gasteiger partial charge in [-0.3, -0.25) is 14.7 Å². The molecule has 0 saturated carbocycles. The summed E-state index contributed by atoms with van der Waals surface area (Å²) in [6, 6.07) is 8.72. The minimum Gasteiger partial charge on any atom is -0.318 e. The number of carbonyl (C=O) groups is 2. The molecule has 0 spiro atoms. The highest BCUT2D eigenvalue weighted by molar-refractivity contribution is 6.43. The molecule has 0 saturated heterocycles. The van der Waals surface area contributed by atoms with Crippen LogP contribution in [0.5, 0.6) is 0 Å². The van der Waals surface area contributed by atoms with E-state index < -0.39 is 11.8 Å². The van der Waals surface area contributed by atoms with Gasteiger partial charge in [0.1, 0.15) is 5.82 Å². The fraction of sp³-hybridized carbons (Fsp3) is 0.0833. The average molecular weight is 244 g/mol. The van der Waals surface area contributed by atoms with Crippen molar-refractivity contribution in [1.29, 1.82) is 0 Å². The molecule has 1 aromatic heterocycles. The molecule has 0 radical (unpaired) electrons. The molecule has 1 aromatic carbocycles. The molecule has 0 atom stereocenters. The molecule has 92 valence electrons. The molecule has 0 unspecified atom stereocenters. The first-order chi connectivity index (χ1) is 8.65. The predicted octanol–water partition coefficient (Wildman–Crippen LogP) is 1.30. The maximum absolute atomic E-state index is 11.6. The van der Waals surface area contributed by atoms with Gasteiger partial charge in [-0.2, -0.15) is 5.10 Å². The van der Waals surface area contributed by atoms with E-state index in [1.807, 2.05) is 19.1 Å². The van der Waals surface area contributed by atoms with Crippen LogP contribution in [0.15, 0.2) is 36.5 Å². The summed E-state index contributed by atoms with van der Waals surface area (Å²) >= 11 is 0. The SMILES string of the molecule is Cc1ccc(NC(=O)C(=O)Nc2ccn[nH]2)cc1. The molecule has 6 nitrogen and oxygen atoms in total. The highest BCUT2D eigenvalue weighted by Gasteiger charge is 2.14. The Bertz CT molecular complexity index is 546. The number of carbonyl (C=O) groups excluding carboxylic acids is 2. The van der Waals surface area contributed by atoms with Gasteiger partial charge in [0.2, 0.25) is 0 Å². The lowest BCUT2D eigenvalue weighted by atomic mass is 10.2. The van der Waals surface area contributed by atoms with E-state index in [1.54, 1.807) is 18.2 Å². The van der Waals surface area contributed by atoms with E-state index in [0.29, 0.717) is 11.5 Å². The van der Waals surface area contributed by atoms with Gasteiger partial charge < -0.3 is 10.6 Å². The Morgan fingerprint density at radius 1 is 1.06 bits per heavy atom. The van der Waals surface area contributed by atoms with Crippen molar-refractivity contribution in [2.75, 3.05) is 10.6 Å². The molecule has 0 fully saturated rings.